The molecule has 3 fully saturated rings. The lowest BCUT2D eigenvalue weighted by atomic mass is 9.78. The van der Waals surface area contributed by atoms with Gasteiger partial charge in [-0.15, -0.1) is 30.1 Å². The first-order valence-corrected chi connectivity index (χ1v) is 15.1. The van der Waals surface area contributed by atoms with E-state index < -0.39 is 18.1 Å². The molecule has 1 aliphatic carbocycles. The van der Waals surface area contributed by atoms with E-state index in [9.17, 15) is 14.4 Å². The summed E-state index contributed by atoms with van der Waals surface area (Å²) < 4.78 is 0. The molecule has 1 saturated carbocycles. The van der Waals surface area contributed by atoms with Gasteiger partial charge in [0.25, 0.3) is 0 Å². The van der Waals surface area contributed by atoms with Gasteiger partial charge in [0, 0.05) is 16.1 Å². The zero-order chi connectivity index (χ0) is 25.3. The largest absolute Gasteiger partial charge is 0.347 e. The quantitative estimate of drug-likeness (QED) is 0.492. The second-order valence-electron chi connectivity index (χ2n) is 10.3. The van der Waals surface area contributed by atoms with Crippen molar-refractivity contribution in [1.29, 1.82) is 0 Å². The monoisotopic (exact) mass is 528 g/mol. The van der Waals surface area contributed by atoms with Crippen LogP contribution >= 0.6 is 23.5 Å². The van der Waals surface area contributed by atoms with Crippen molar-refractivity contribution in [3.63, 3.8) is 0 Å². The molecule has 0 radical (unpaired) electrons. The standard InChI is InChI=1S/C27H36N4O3S2/c1-3-18(28-2)24(32)30-20-11-15-36-22-16-27(12-6-7-13-27)23(31(22)26(20)34)25(33)29-19-10-14-35-21-9-5-4-8-17(19)21/h3-5,8-9,18-20,22-23,28H,1,6-7,10-16H2,2H3,(H,29,33)(H,30,32)/t18-,19+,20-,22-,23+/m0/s1. The molecule has 36 heavy (non-hydrogen) atoms. The summed E-state index contributed by atoms with van der Waals surface area (Å²) in [6, 6.07) is 6.55. The van der Waals surface area contributed by atoms with E-state index in [0.29, 0.717) is 6.42 Å². The molecule has 5 atom stereocenters. The van der Waals surface area contributed by atoms with Crippen LogP contribution in [0.2, 0.25) is 0 Å². The van der Waals surface area contributed by atoms with Crippen LogP contribution in [0.15, 0.2) is 41.8 Å². The van der Waals surface area contributed by atoms with Gasteiger partial charge in [-0.1, -0.05) is 37.1 Å². The van der Waals surface area contributed by atoms with Crippen molar-refractivity contribution >= 4 is 41.2 Å². The summed E-state index contributed by atoms with van der Waals surface area (Å²) in [5, 5.41) is 9.20. The van der Waals surface area contributed by atoms with E-state index in [1.165, 1.54) is 16.5 Å². The number of hydrogen-bond acceptors (Lipinski definition) is 6. The number of rotatable bonds is 6. The van der Waals surface area contributed by atoms with E-state index in [-0.39, 0.29) is 34.6 Å². The first-order valence-electron chi connectivity index (χ1n) is 13.0. The SMILES string of the molecule is C=C[C@H](NC)C(=O)N[C@H]1CCS[C@H]2CC3(CCCC3)[C@@H](C(=O)N[C@@H]3CCSc4ccccc43)N2C1=O. The van der Waals surface area contributed by atoms with Crippen LogP contribution in [0.4, 0.5) is 0 Å². The average Bonchev–Trinajstić information content (AvgIpc) is 3.44. The lowest BCUT2D eigenvalue weighted by molar-refractivity contribution is -0.144. The fraction of sp³-hybridized carbons (Fsp3) is 0.593. The molecule has 1 aromatic rings. The Hall–Kier alpha value is -1.97. The maximum Gasteiger partial charge on any atom is 0.246 e. The molecule has 194 valence electrons. The molecule has 5 rings (SSSR count). The Morgan fingerprint density at radius 3 is 2.64 bits per heavy atom. The van der Waals surface area contributed by atoms with Gasteiger partial charge in [0.2, 0.25) is 17.7 Å². The van der Waals surface area contributed by atoms with E-state index in [4.69, 9.17) is 0 Å². The predicted octanol–water partition coefficient (Wildman–Crippen LogP) is 3.22. The first kappa shape index (κ1) is 25.7. The van der Waals surface area contributed by atoms with Gasteiger partial charge in [-0.2, -0.15) is 0 Å². The fourth-order valence-electron chi connectivity index (χ4n) is 6.51. The molecule has 1 aromatic carbocycles. The van der Waals surface area contributed by atoms with Gasteiger partial charge in [0.15, 0.2) is 0 Å². The minimum absolute atomic E-state index is 0.0260. The molecule has 7 nitrogen and oxygen atoms in total. The number of benzene rings is 1. The lowest BCUT2D eigenvalue weighted by Gasteiger charge is -2.37. The number of fused-ring (bicyclic) bond motifs is 2. The summed E-state index contributed by atoms with van der Waals surface area (Å²) in [5.41, 5.74) is 0.988. The molecule has 3 N–H and O–H groups in total. The third-order valence-corrected chi connectivity index (χ3v) is 10.7. The second kappa shape index (κ2) is 10.8. The van der Waals surface area contributed by atoms with E-state index in [2.05, 4.69) is 34.7 Å². The molecule has 0 unspecified atom stereocenters. The zero-order valence-electron chi connectivity index (χ0n) is 20.8. The minimum Gasteiger partial charge on any atom is -0.347 e. The molecule has 9 heteroatoms. The smallest absolute Gasteiger partial charge is 0.246 e. The number of thioether (sulfide) groups is 2. The second-order valence-corrected chi connectivity index (χ2v) is 12.8. The third-order valence-electron chi connectivity index (χ3n) is 8.29. The summed E-state index contributed by atoms with van der Waals surface area (Å²) in [6.07, 6.45) is 7.95. The van der Waals surface area contributed by atoms with Crippen molar-refractivity contribution in [2.24, 2.45) is 5.41 Å². The first-order chi connectivity index (χ1) is 17.5. The number of nitrogens with zero attached hydrogens (tertiary/aromatic N) is 1. The fourth-order valence-corrected chi connectivity index (χ4v) is 9.11. The van der Waals surface area contributed by atoms with Crippen molar-refractivity contribution in [3.8, 4) is 0 Å². The summed E-state index contributed by atoms with van der Waals surface area (Å²) in [5.74, 6) is 1.31. The Morgan fingerprint density at radius 1 is 1.14 bits per heavy atom. The molecular weight excluding hydrogens is 492 g/mol. The van der Waals surface area contributed by atoms with E-state index in [1.54, 1.807) is 18.8 Å². The van der Waals surface area contributed by atoms with Crippen molar-refractivity contribution in [3.05, 3.63) is 42.5 Å². The number of likely N-dealkylation sites (N-methyl/N-ethyl adjacent to an activating group) is 1. The van der Waals surface area contributed by atoms with Crippen molar-refractivity contribution in [2.45, 2.75) is 79.4 Å². The lowest BCUT2D eigenvalue weighted by Crippen LogP contribution is -2.58. The zero-order valence-corrected chi connectivity index (χ0v) is 22.5. The van der Waals surface area contributed by atoms with E-state index in [1.807, 2.05) is 28.8 Å². The van der Waals surface area contributed by atoms with Crippen molar-refractivity contribution in [2.75, 3.05) is 18.6 Å². The highest BCUT2D eigenvalue weighted by Crippen LogP contribution is 2.55. The summed E-state index contributed by atoms with van der Waals surface area (Å²) in [4.78, 5) is 43.9. The Balaban J connectivity index is 1.41. The highest BCUT2D eigenvalue weighted by molar-refractivity contribution is 8.00. The van der Waals surface area contributed by atoms with Gasteiger partial charge in [-0.3, -0.25) is 14.4 Å². The minimum atomic E-state index is -0.635. The van der Waals surface area contributed by atoms with Gasteiger partial charge in [0.05, 0.1) is 11.4 Å². The molecule has 4 aliphatic rings. The van der Waals surface area contributed by atoms with Crippen molar-refractivity contribution in [1.82, 2.24) is 20.9 Å². The van der Waals surface area contributed by atoms with Crippen LogP contribution in [0, 0.1) is 5.41 Å². The molecule has 0 aromatic heterocycles. The number of carbonyl (C=O) groups excluding carboxylic acids is 3. The molecule has 0 bridgehead atoms. The maximum atomic E-state index is 14.1. The van der Waals surface area contributed by atoms with Crippen LogP contribution in [-0.2, 0) is 14.4 Å². The van der Waals surface area contributed by atoms with Crippen LogP contribution in [0.1, 0.15) is 56.6 Å². The Morgan fingerprint density at radius 2 is 1.89 bits per heavy atom. The van der Waals surface area contributed by atoms with Crippen LogP contribution in [-0.4, -0.2) is 64.7 Å². The van der Waals surface area contributed by atoms with Gasteiger partial charge in [-0.25, -0.2) is 0 Å². The van der Waals surface area contributed by atoms with Gasteiger partial charge in [0.1, 0.15) is 18.1 Å². The third kappa shape index (κ3) is 4.70. The maximum absolute atomic E-state index is 14.1. The highest BCUT2D eigenvalue weighted by atomic mass is 32.2. The van der Waals surface area contributed by atoms with Crippen LogP contribution in [0.25, 0.3) is 0 Å². The van der Waals surface area contributed by atoms with Crippen LogP contribution in [0.3, 0.4) is 0 Å². The Labute approximate surface area is 222 Å². The Kier molecular flexibility index (Phi) is 7.70. The number of hydrogen-bond donors (Lipinski definition) is 3. The Bertz CT molecular complexity index is 1030. The van der Waals surface area contributed by atoms with Gasteiger partial charge in [-0.05, 0) is 56.5 Å². The van der Waals surface area contributed by atoms with Gasteiger partial charge < -0.3 is 20.9 Å². The van der Waals surface area contributed by atoms with Gasteiger partial charge >= 0.3 is 0 Å². The number of carbonyl (C=O) groups is 3. The molecule has 3 aliphatic heterocycles. The summed E-state index contributed by atoms with van der Waals surface area (Å²) >= 11 is 3.59. The van der Waals surface area contributed by atoms with Crippen molar-refractivity contribution < 1.29 is 14.4 Å². The van der Waals surface area contributed by atoms with E-state index >= 15 is 0 Å². The summed E-state index contributed by atoms with van der Waals surface area (Å²) in [7, 11) is 1.69. The number of nitrogens with one attached hydrogen (secondary N) is 3. The molecule has 3 heterocycles. The van der Waals surface area contributed by atoms with Crippen LogP contribution in [0.5, 0.6) is 0 Å². The number of amides is 3. The van der Waals surface area contributed by atoms with Crippen LogP contribution < -0.4 is 16.0 Å². The molecule has 1 spiro atoms. The van der Waals surface area contributed by atoms with E-state index in [0.717, 1.165) is 50.0 Å². The highest BCUT2D eigenvalue weighted by Gasteiger charge is 2.59. The molecular formula is C27H36N4O3S2. The average molecular weight is 529 g/mol. The topological polar surface area (TPSA) is 90.5 Å². The summed E-state index contributed by atoms with van der Waals surface area (Å²) in [6.45, 7) is 3.71. The molecule has 2 saturated heterocycles. The normalized spacial score (nSPS) is 29.7. The molecule has 3 amide bonds. The predicted molar refractivity (Wildman–Crippen MR) is 145 cm³/mol.